The van der Waals surface area contributed by atoms with Crippen LogP contribution in [0.25, 0.3) is 6.08 Å². The molecule has 2 rings (SSSR count). The van der Waals surface area contributed by atoms with Crippen LogP contribution in [0.1, 0.15) is 22.3 Å². The minimum Gasteiger partial charge on any atom is -0.493 e. The highest BCUT2D eigenvalue weighted by Crippen LogP contribution is 2.16. The standard InChI is InChI=1S/C27H28O8/c1-3-26(30)34-18-17-33-23-10-5-21(6-11-23)7-14-25(29)22-8-12-24(13-9-22)32-15-4-16-35-27(31)20(2)19-28/h3,5-14,28H,1-2,4,15-19H2/b14-7+. The molecular weight excluding hydrogens is 452 g/mol. The maximum absolute atomic E-state index is 12.4. The molecule has 0 bridgehead atoms. The molecule has 0 aliphatic carbocycles. The molecule has 0 fully saturated rings. The first-order valence-corrected chi connectivity index (χ1v) is 10.9. The van der Waals surface area contributed by atoms with Crippen LogP contribution in [0.3, 0.4) is 0 Å². The van der Waals surface area contributed by atoms with Crippen molar-refractivity contribution in [3.63, 3.8) is 0 Å². The topological polar surface area (TPSA) is 108 Å². The van der Waals surface area contributed by atoms with Gasteiger partial charge in [-0.15, -0.1) is 0 Å². The molecule has 0 unspecified atom stereocenters. The Bertz CT molecular complexity index is 1040. The van der Waals surface area contributed by atoms with Crippen LogP contribution >= 0.6 is 0 Å². The molecular formula is C27H28O8. The number of hydrogen-bond donors (Lipinski definition) is 1. The quantitative estimate of drug-likeness (QED) is 0.178. The van der Waals surface area contributed by atoms with E-state index in [0.29, 0.717) is 30.1 Å². The Morgan fingerprint density at radius 1 is 0.829 bits per heavy atom. The fourth-order valence-corrected chi connectivity index (χ4v) is 2.60. The van der Waals surface area contributed by atoms with Gasteiger partial charge in [0.05, 0.1) is 25.4 Å². The molecule has 2 aromatic carbocycles. The molecule has 0 saturated carbocycles. The summed E-state index contributed by atoms with van der Waals surface area (Å²) >= 11 is 0. The number of rotatable bonds is 15. The minimum atomic E-state index is -0.628. The van der Waals surface area contributed by atoms with Gasteiger partial charge in [0, 0.05) is 18.1 Å². The summed E-state index contributed by atoms with van der Waals surface area (Å²) in [5.74, 6) is -0.0736. The molecule has 0 heterocycles. The first kappa shape index (κ1) is 27.1. The normalized spacial score (nSPS) is 10.4. The number of carbonyl (C=O) groups excluding carboxylic acids is 3. The van der Waals surface area contributed by atoms with Gasteiger partial charge in [0.15, 0.2) is 5.78 Å². The van der Waals surface area contributed by atoms with Gasteiger partial charge in [-0.2, -0.15) is 0 Å². The maximum Gasteiger partial charge on any atom is 0.335 e. The molecule has 0 aliphatic rings. The molecule has 0 radical (unpaired) electrons. The number of aliphatic hydroxyl groups excluding tert-OH is 1. The molecule has 0 aromatic heterocycles. The third kappa shape index (κ3) is 10.1. The summed E-state index contributed by atoms with van der Waals surface area (Å²) in [5, 5.41) is 8.80. The second-order valence-electron chi connectivity index (χ2n) is 7.11. The SMILES string of the molecule is C=CC(=O)OCCOc1ccc(/C=C/C(=O)c2ccc(OCCCOC(=O)C(=C)CO)cc2)cc1. The van der Waals surface area contributed by atoms with E-state index in [0.717, 1.165) is 11.6 Å². The van der Waals surface area contributed by atoms with Gasteiger partial charge in [-0.05, 0) is 48.0 Å². The van der Waals surface area contributed by atoms with Crippen LogP contribution in [0, 0.1) is 0 Å². The monoisotopic (exact) mass is 480 g/mol. The molecule has 184 valence electrons. The zero-order valence-electron chi connectivity index (χ0n) is 19.3. The van der Waals surface area contributed by atoms with Gasteiger partial charge in [-0.1, -0.05) is 31.4 Å². The van der Waals surface area contributed by atoms with Gasteiger partial charge in [0.1, 0.15) is 24.7 Å². The number of benzene rings is 2. The zero-order valence-corrected chi connectivity index (χ0v) is 19.3. The average molecular weight is 481 g/mol. The predicted octanol–water partition coefficient (Wildman–Crippen LogP) is 3.55. The molecule has 0 amide bonds. The Kier molecular flexibility index (Phi) is 11.5. The zero-order chi connectivity index (χ0) is 25.5. The van der Waals surface area contributed by atoms with Crippen LogP contribution in [0.5, 0.6) is 11.5 Å². The van der Waals surface area contributed by atoms with E-state index in [1.165, 1.54) is 6.08 Å². The molecule has 35 heavy (non-hydrogen) atoms. The third-order valence-corrected chi connectivity index (χ3v) is 4.48. The van der Waals surface area contributed by atoms with Crippen molar-refractivity contribution in [3.8, 4) is 11.5 Å². The number of esters is 2. The Hall–Kier alpha value is -4.17. The summed E-state index contributed by atoms with van der Waals surface area (Å²) in [6.45, 7) is 7.09. The molecule has 0 aliphatic heterocycles. The van der Waals surface area contributed by atoms with Crippen LogP contribution < -0.4 is 9.47 Å². The highest BCUT2D eigenvalue weighted by atomic mass is 16.6. The van der Waals surface area contributed by atoms with Crippen molar-refractivity contribution in [2.45, 2.75) is 6.42 Å². The second kappa shape index (κ2) is 14.9. The first-order valence-electron chi connectivity index (χ1n) is 10.9. The lowest BCUT2D eigenvalue weighted by Gasteiger charge is -2.08. The number of carbonyl (C=O) groups is 3. The molecule has 0 spiro atoms. The molecule has 2 aromatic rings. The van der Waals surface area contributed by atoms with Crippen LogP contribution in [0.4, 0.5) is 0 Å². The second-order valence-corrected chi connectivity index (χ2v) is 7.11. The molecule has 1 N–H and O–H groups in total. The van der Waals surface area contributed by atoms with Crippen molar-refractivity contribution in [1.82, 2.24) is 0 Å². The Labute approximate surface area is 204 Å². The summed E-state index contributed by atoms with van der Waals surface area (Å²) in [7, 11) is 0. The molecule has 0 saturated heterocycles. The summed E-state index contributed by atoms with van der Waals surface area (Å²) in [6.07, 6.45) is 4.75. The number of ketones is 1. The summed E-state index contributed by atoms with van der Waals surface area (Å²) in [5.41, 5.74) is 1.35. The van der Waals surface area contributed by atoms with Gasteiger partial charge in [0.2, 0.25) is 0 Å². The predicted molar refractivity (Wildman–Crippen MR) is 130 cm³/mol. The number of aliphatic hydroxyl groups is 1. The average Bonchev–Trinajstić information content (AvgIpc) is 2.89. The van der Waals surface area contributed by atoms with Crippen LogP contribution in [-0.2, 0) is 19.1 Å². The van der Waals surface area contributed by atoms with E-state index in [1.54, 1.807) is 42.5 Å². The lowest BCUT2D eigenvalue weighted by molar-refractivity contribution is -0.140. The van der Waals surface area contributed by atoms with E-state index < -0.39 is 18.5 Å². The number of ether oxygens (including phenoxy) is 4. The minimum absolute atomic E-state index is 0.00644. The van der Waals surface area contributed by atoms with Crippen molar-refractivity contribution in [3.05, 3.63) is 90.5 Å². The Balaban J connectivity index is 1.73. The fourth-order valence-electron chi connectivity index (χ4n) is 2.60. The molecule has 0 atom stereocenters. The van der Waals surface area contributed by atoms with Gasteiger partial charge in [0.25, 0.3) is 0 Å². The lowest BCUT2D eigenvalue weighted by Crippen LogP contribution is -2.12. The molecule has 8 heteroatoms. The van der Waals surface area contributed by atoms with Crippen molar-refractivity contribution in [2.24, 2.45) is 0 Å². The van der Waals surface area contributed by atoms with Gasteiger partial charge in [-0.3, -0.25) is 4.79 Å². The molecule has 8 nitrogen and oxygen atoms in total. The van der Waals surface area contributed by atoms with Gasteiger partial charge < -0.3 is 24.1 Å². The number of allylic oxidation sites excluding steroid dienone is 1. The highest BCUT2D eigenvalue weighted by Gasteiger charge is 2.07. The summed E-state index contributed by atoms with van der Waals surface area (Å²) < 4.78 is 20.8. The summed E-state index contributed by atoms with van der Waals surface area (Å²) in [6, 6.07) is 13.9. The number of hydrogen-bond acceptors (Lipinski definition) is 8. The smallest absolute Gasteiger partial charge is 0.335 e. The van der Waals surface area contributed by atoms with Crippen LogP contribution in [-0.4, -0.2) is 55.9 Å². The van der Waals surface area contributed by atoms with Gasteiger partial charge in [-0.25, -0.2) is 9.59 Å². The fraction of sp³-hybridized carbons (Fsp3) is 0.222. The Morgan fingerprint density at radius 3 is 2.09 bits per heavy atom. The van der Waals surface area contributed by atoms with E-state index in [9.17, 15) is 14.4 Å². The van der Waals surface area contributed by atoms with Gasteiger partial charge >= 0.3 is 11.9 Å². The van der Waals surface area contributed by atoms with Crippen molar-refractivity contribution < 1.29 is 38.4 Å². The van der Waals surface area contributed by atoms with E-state index in [1.807, 2.05) is 12.1 Å². The van der Waals surface area contributed by atoms with E-state index in [4.69, 9.17) is 24.1 Å². The van der Waals surface area contributed by atoms with Crippen molar-refractivity contribution in [1.29, 1.82) is 0 Å². The lowest BCUT2D eigenvalue weighted by atomic mass is 10.1. The van der Waals surface area contributed by atoms with E-state index in [-0.39, 0.29) is 31.2 Å². The highest BCUT2D eigenvalue weighted by molar-refractivity contribution is 6.06. The summed E-state index contributed by atoms with van der Waals surface area (Å²) in [4.78, 5) is 34.7. The maximum atomic E-state index is 12.4. The van der Waals surface area contributed by atoms with Crippen LogP contribution in [0.2, 0.25) is 0 Å². The van der Waals surface area contributed by atoms with Crippen LogP contribution in [0.15, 0.2) is 79.4 Å². The van der Waals surface area contributed by atoms with Crippen molar-refractivity contribution >= 4 is 23.8 Å². The third-order valence-electron chi connectivity index (χ3n) is 4.48. The Morgan fingerprint density at radius 2 is 1.46 bits per heavy atom. The van der Waals surface area contributed by atoms with E-state index >= 15 is 0 Å². The first-order chi connectivity index (χ1) is 16.9. The van der Waals surface area contributed by atoms with E-state index in [2.05, 4.69) is 13.2 Å². The largest absolute Gasteiger partial charge is 0.493 e. The van der Waals surface area contributed by atoms with Crippen molar-refractivity contribution in [2.75, 3.05) is 33.0 Å².